The molecule has 1 unspecified atom stereocenters. The highest BCUT2D eigenvalue weighted by molar-refractivity contribution is 7.21. The second-order valence-electron chi connectivity index (χ2n) is 5.78. The highest BCUT2D eigenvalue weighted by Crippen LogP contribution is 2.42. The number of thiophene rings is 1. The van der Waals surface area contributed by atoms with Gasteiger partial charge in [0.25, 0.3) is 5.91 Å². The van der Waals surface area contributed by atoms with Crippen molar-refractivity contribution < 1.29 is 9.53 Å². The molecule has 2 aromatic carbocycles. The van der Waals surface area contributed by atoms with E-state index in [0.29, 0.717) is 9.90 Å². The van der Waals surface area contributed by atoms with Crippen LogP contribution in [0.5, 0.6) is 5.75 Å². The Bertz CT molecular complexity index is 972. The Kier molecular flexibility index (Phi) is 3.94. The monoisotopic (exact) mass is 373 g/mol. The first-order chi connectivity index (χ1) is 12.1. The fraction of sp³-hybridized carbons (Fsp3) is 0.167. The summed E-state index contributed by atoms with van der Waals surface area (Å²) in [5, 5.41) is 6.55. The van der Waals surface area contributed by atoms with Crippen LogP contribution in [-0.4, -0.2) is 19.2 Å². The zero-order valence-corrected chi connectivity index (χ0v) is 15.2. The van der Waals surface area contributed by atoms with E-state index in [-0.39, 0.29) is 12.1 Å². The molecule has 0 saturated heterocycles. The zero-order chi connectivity index (χ0) is 17.6. The van der Waals surface area contributed by atoms with Crippen molar-refractivity contribution in [1.82, 2.24) is 5.32 Å². The minimum Gasteiger partial charge on any atom is -0.497 e. The van der Waals surface area contributed by atoms with E-state index >= 15 is 0 Å². The van der Waals surface area contributed by atoms with Crippen molar-refractivity contribution in [1.29, 1.82) is 0 Å². The van der Waals surface area contributed by atoms with Crippen LogP contribution in [0.25, 0.3) is 10.1 Å². The molecule has 3 aromatic rings. The van der Waals surface area contributed by atoms with E-state index < -0.39 is 0 Å². The number of hydrogen-bond donors (Lipinski definition) is 2. The number of carbonyl (C=O) groups is 1. The predicted octanol–water partition coefficient (Wildman–Crippen LogP) is 4.49. The smallest absolute Gasteiger partial charge is 0.265 e. The van der Waals surface area contributed by atoms with Crippen molar-refractivity contribution >= 4 is 50.3 Å². The summed E-state index contributed by atoms with van der Waals surface area (Å²) in [4.78, 5) is 13.1. The zero-order valence-electron chi connectivity index (χ0n) is 13.7. The number of methoxy groups -OCH3 is 1. The molecular formula is C18H16ClN3O2S. The van der Waals surface area contributed by atoms with Crippen LogP contribution in [0, 0.1) is 0 Å². The maximum Gasteiger partial charge on any atom is 0.265 e. The van der Waals surface area contributed by atoms with E-state index in [9.17, 15) is 4.79 Å². The molecular weight excluding hydrogens is 358 g/mol. The molecule has 2 N–H and O–H groups in total. The Labute approximate surface area is 154 Å². The first kappa shape index (κ1) is 16.1. The molecule has 0 fully saturated rings. The summed E-state index contributed by atoms with van der Waals surface area (Å²) in [7, 11) is 1.63. The number of amides is 1. The molecule has 0 aliphatic carbocycles. The van der Waals surface area contributed by atoms with Crippen LogP contribution in [0.3, 0.4) is 0 Å². The van der Waals surface area contributed by atoms with E-state index in [1.165, 1.54) is 11.3 Å². The summed E-state index contributed by atoms with van der Waals surface area (Å²) in [6.07, 6.45) is -0.219. The van der Waals surface area contributed by atoms with Crippen molar-refractivity contribution in [3.05, 3.63) is 52.4 Å². The Balaban J connectivity index is 1.83. The Morgan fingerprint density at radius 3 is 2.92 bits per heavy atom. The van der Waals surface area contributed by atoms with Gasteiger partial charge in [0.1, 0.15) is 16.8 Å². The molecule has 4 rings (SSSR count). The minimum atomic E-state index is -0.219. The van der Waals surface area contributed by atoms with Crippen LogP contribution in [0.1, 0.15) is 16.6 Å². The standard InChI is InChI=1S/C18H16ClN3O2S/c1-10-20-18(23)17-16(14-8-11(19)6-7-15(14)25-17)22(10)21-12-4-3-5-13(9-12)24-2/h3-10,21H,1-2H3,(H,20,23). The Morgan fingerprint density at radius 2 is 2.12 bits per heavy atom. The summed E-state index contributed by atoms with van der Waals surface area (Å²) >= 11 is 7.65. The summed E-state index contributed by atoms with van der Waals surface area (Å²) in [5.41, 5.74) is 5.10. The van der Waals surface area contributed by atoms with Crippen molar-refractivity contribution in [2.24, 2.45) is 0 Å². The fourth-order valence-corrected chi connectivity index (χ4v) is 4.20. The van der Waals surface area contributed by atoms with E-state index in [2.05, 4.69) is 10.7 Å². The Hall–Kier alpha value is -2.44. The lowest BCUT2D eigenvalue weighted by Crippen LogP contribution is -2.53. The molecule has 1 aliphatic rings. The van der Waals surface area contributed by atoms with Gasteiger partial charge < -0.3 is 10.1 Å². The molecule has 5 nitrogen and oxygen atoms in total. The average Bonchev–Trinajstić information content (AvgIpc) is 2.98. The first-order valence-electron chi connectivity index (χ1n) is 7.79. The number of fused-ring (bicyclic) bond motifs is 3. The van der Waals surface area contributed by atoms with Gasteiger partial charge in [-0.2, -0.15) is 0 Å². The highest BCUT2D eigenvalue weighted by atomic mass is 35.5. The highest BCUT2D eigenvalue weighted by Gasteiger charge is 2.32. The van der Waals surface area contributed by atoms with Gasteiger partial charge in [-0.3, -0.25) is 15.2 Å². The van der Waals surface area contributed by atoms with Crippen molar-refractivity contribution in [3.8, 4) is 5.75 Å². The first-order valence-corrected chi connectivity index (χ1v) is 8.99. The van der Waals surface area contributed by atoms with Crippen LogP contribution >= 0.6 is 22.9 Å². The van der Waals surface area contributed by atoms with Gasteiger partial charge in [0.15, 0.2) is 0 Å². The number of nitrogens with zero attached hydrogens (tertiary/aromatic N) is 1. The minimum absolute atomic E-state index is 0.0662. The van der Waals surface area contributed by atoms with Gasteiger partial charge in [-0.1, -0.05) is 17.7 Å². The van der Waals surface area contributed by atoms with Crippen LogP contribution in [0.4, 0.5) is 11.4 Å². The van der Waals surface area contributed by atoms with Gasteiger partial charge in [-0.05, 0) is 37.3 Å². The van der Waals surface area contributed by atoms with E-state index in [1.54, 1.807) is 7.11 Å². The lowest BCUT2D eigenvalue weighted by molar-refractivity contribution is 0.0937. The van der Waals surface area contributed by atoms with E-state index in [4.69, 9.17) is 16.3 Å². The molecule has 1 amide bonds. The fourth-order valence-electron chi connectivity index (χ4n) is 2.95. The molecule has 1 aliphatic heterocycles. The molecule has 0 spiro atoms. The number of carbonyl (C=O) groups excluding carboxylic acids is 1. The van der Waals surface area contributed by atoms with Crippen LogP contribution in [0.2, 0.25) is 5.02 Å². The predicted molar refractivity (Wildman–Crippen MR) is 103 cm³/mol. The number of benzene rings is 2. The third-order valence-corrected chi connectivity index (χ3v) is 5.51. The van der Waals surface area contributed by atoms with Crippen LogP contribution in [-0.2, 0) is 0 Å². The maximum atomic E-state index is 12.4. The van der Waals surface area contributed by atoms with Crippen LogP contribution < -0.4 is 20.5 Å². The molecule has 128 valence electrons. The van der Waals surface area contributed by atoms with Crippen LogP contribution in [0.15, 0.2) is 42.5 Å². The molecule has 25 heavy (non-hydrogen) atoms. The number of anilines is 2. The molecule has 1 atom stereocenters. The number of hydrazine groups is 1. The van der Waals surface area contributed by atoms with E-state index in [0.717, 1.165) is 27.2 Å². The van der Waals surface area contributed by atoms with Gasteiger partial charge in [0.05, 0.1) is 18.5 Å². The molecule has 1 aromatic heterocycles. The maximum absolute atomic E-state index is 12.4. The lowest BCUT2D eigenvalue weighted by atomic mass is 10.1. The molecule has 0 bridgehead atoms. The van der Waals surface area contributed by atoms with Crippen molar-refractivity contribution in [2.75, 3.05) is 17.5 Å². The van der Waals surface area contributed by atoms with Gasteiger partial charge >= 0.3 is 0 Å². The third kappa shape index (κ3) is 2.77. The topological polar surface area (TPSA) is 53.6 Å². The SMILES string of the molecule is COc1cccc(NN2c3c(sc4ccc(Cl)cc34)C(=O)NC2C)c1. The number of hydrogen-bond acceptors (Lipinski definition) is 5. The van der Waals surface area contributed by atoms with Gasteiger partial charge in [0, 0.05) is 21.2 Å². The largest absolute Gasteiger partial charge is 0.497 e. The van der Waals surface area contributed by atoms with Gasteiger partial charge in [0.2, 0.25) is 0 Å². The summed E-state index contributed by atoms with van der Waals surface area (Å²) in [6.45, 7) is 1.93. The molecule has 7 heteroatoms. The second kappa shape index (κ2) is 6.13. The van der Waals surface area contributed by atoms with Crippen molar-refractivity contribution in [3.63, 3.8) is 0 Å². The van der Waals surface area contributed by atoms with Gasteiger partial charge in [-0.25, -0.2) is 0 Å². The molecule has 2 heterocycles. The van der Waals surface area contributed by atoms with E-state index in [1.807, 2.05) is 54.4 Å². The van der Waals surface area contributed by atoms with Crippen molar-refractivity contribution in [2.45, 2.75) is 13.1 Å². The molecule has 0 saturated carbocycles. The second-order valence-corrected chi connectivity index (χ2v) is 7.27. The number of nitrogens with one attached hydrogen (secondary N) is 2. The molecule has 0 radical (unpaired) electrons. The number of ether oxygens (including phenoxy) is 1. The number of halogens is 1. The Morgan fingerprint density at radius 1 is 1.28 bits per heavy atom. The lowest BCUT2D eigenvalue weighted by Gasteiger charge is -2.36. The quantitative estimate of drug-likeness (QED) is 0.710. The number of rotatable bonds is 3. The average molecular weight is 374 g/mol. The summed E-state index contributed by atoms with van der Waals surface area (Å²) in [6, 6.07) is 13.3. The third-order valence-electron chi connectivity index (χ3n) is 4.12. The summed E-state index contributed by atoms with van der Waals surface area (Å²) in [5.74, 6) is 0.695. The van der Waals surface area contributed by atoms with Gasteiger partial charge in [-0.15, -0.1) is 11.3 Å². The summed E-state index contributed by atoms with van der Waals surface area (Å²) < 4.78 is 6.31. The normalized spacial score (nSPS) is 16.5.